The van der Waals surface area contributed by atoms with E-state index in [1.54, 1.807) is 6.07 Å². The molecule has 22 heavy (non-hydrogen) atoms. The van der Waals surface area contributed by atoms with Gasteiger partial charge in [0, 0.05) is 25.0 Å². The van der Waals surface area contributed by atoms with E-state index >= 15 is 0 Å². The molecule has 0 bridgehead atoms. The number of halogens is 1. The summed E-state index contributed by atoms with van der Waals surface area (Å²) in [6.07, 6.45) is 2.98. The van der Waals surface area contributed by atoms with Crippen LogP contribution in [0.2, 0.25) is 5.02 Å². The second kappa shape index (κ2) is 7.38. The van der Waals surface area contributed by atoms with Crippen molar-refractivity contribution in [2.45, 2.75) is 25.8 Å². The number of carbonyl (C=O) groups is 1. The smallest absolute Gasteiger partial charge is 0.252 e. The van der Waals surface area contributed by atoms with E-state index in [0.717, 1.165) is 5.56 Å². The number of nitrogens with two attached hydrogens (primary N) is 1. The zero-order valence-corrected chi connectivity index (χ0v) is 13.5. The van der Waals surface area contributed by atoms with Crippen LogP contribution >= 0.6 is 11.6 Å². The van der Waals surface area contributed by atoms with E-state index in [0.29, 0.717) is 23.0 Å². The maximum atomic E-state index is 12.1. The molecule has 0 spiro atoms. The maximum absolute atomic E-state index is 12.1. The fourth-order valence-corrected chi connectivity index (χ4v) is 2.31. The van der Waals surface area contributed by atoms with E-state index < -0.39 is 0 Å². The highest BCUT2D eigenvalue weighted by atomic mass is 35.5. The number of nitrogens with zero attached hydrogens (tertiary/aromatic N) is 1. The number of pyridine rings is 1. The van der Waals surface area contributed by atoms with Gasteiger partial charge < -0.3 is 11.1 Å². The van der Waals surface area contributed by atoms with E-state index in [-0.39, 0.29) is 11.9 Å². The number of hydrogen-bond donors (Lipinski definition) is 2. The van der Waals surface area contributed by atoms with Gasteiger partial charge in [-0.05, 0) is 23.1 Å². The summed E-state index contributed by atoms with van der Waals surface area (Å²) < 4.78 is 0. The van der Waals surface area contributed by atoms with Gasteiger partial charge in [-0.2, -0.15) is 0 Å². The maximum Gasteiger partial charge on any atom is 0.252 e. The molecule has 1 unspecified atom stereocenters. The molecule has 2 aromatic rings. The molecule has 1 atom stereocenters. The van der Waals surface area contributed by atoms with Crippen molar-refractivity contribution in [3.63, 3.8) is 0 Å². The van der Waals surface area contributed by atoms with Crippen molar-refractivity contribution >= 4 is 17.5 Å². The van der Waals surface area contributed by atoms with Crippen LogP contribution in [-0.4, -0.2) is 17.4 Å². The molecule has 1 amide bonds. The third kappa shape index (κ3) is 4.06. The van der Waals surface area contributed by atoms with Crippen LogP contribution in [-0.2, 0) is 0 Å². The molecule has 0 saturated heterocycles. The summed E-state index contributed by atoms with van der Waals surface area (Å²) in [6, 6.07) is 9.48. The lowest BCUT2D eigenvalue weighted by Gasteiger charge is -2.15. The van der Waals surface area contributed by atoms with Crippen molar-refractivity contribution in [2.24, 2.45) is 5.73 Å². The Bertz CT molecular complexity index is 641. The molecule has 116 valence electrons. The quantitative estimate of drug-likeness (QED) is 0.889. The average molecular weight is 318 g/mol. The summed E-state index contributed by atoms with van der Waals surface area (Å²) in [5.74, 6) is 0.237. The summed E-state index contributed by atoms with van der Waals surface area (Å²) in [5, 5.41) is 3.13. The highest BCUT2D eigenvalue weighted by molar-refractivity contribution is 6.33. The van der Waals surface area contributed by atoms with Crippen LogP contribution < -0.4 is 11.1 Å². The number of nitrogens with one attached hydrogen (secondary N) is 1. The molecule has 3 N–H and O–H groups in total. The minimum atomic E-state index is -0.259. The highest BCUT2D eigenvalue weighted by Gasteiger charge is 2.12. The van der Waals surface area contributed by atoms with Gasteiger partial charge in [-0.25, -0.2) is 0 Å². The normalized spacial score (nSPS) is 12.2. The molecule has 0 fully saturated rings. The Morgan fingerprint density at radius 2 is 1.86 bits per heavy atom. The molecule has 0 aliphatic rings. The summed E-state index contributed by atoms with van der Waals surface area (Å²) in [6.45, 7) is 4.64. The van der Waals surface area contributed by atoms with E-state index in [4.69, 9.17) is 17.3 Å². The molecule has 1 heterocycles. The van der Waals surface area contributed by atoms with Crippen LogP contribution in [0, 0.1) is 0 Å². The van der Waals surface area contributed by atoms with Gasteiger partial charge in [-0.15, -0.1) is 0 Å². The third-order valence-corrected chi connectivity index (χ3v) is 3.83. The van der Waals surface area contributed by atoms with Crippen LogP contribution in [0.3, 0.4) is 0 Å². The van der Waals surface area contributed by atoms with E-state index in [1.807, 2.05) is 12.1 Å². The predicted molar refractivity (Wildman–Crippen MR) is 89.0 cm³/mol. The van der Waals surface area contributed by atoms with Gasteiger partial charge in [0.05, 0.1) is 10.6 Å². The van der Waals surface area contributed by atoms with E-state index in [1.165, 1.54) is 18.0 Å². The first-order chi connectivity index (χ1) is 10.5. The zero-order valence-electron chi connectivity index (χ0n) is 12.7. The summed E-state index contributed by atoms with van der Waals surface area (Å²) in [7, 11) is 0. The predicted octanol–water partition coefficient (Wildman–Crippen LogP) is 3.29. The van der Waals surface area contributed by atoms with Gasteiger partial charge in [-0.1, -0.05) is 49.7 Å². The Morgan fingerprint density at radius 3 is 2.45 bits per heavy atom. The minimum Gasteiger partial charge on any atom is -0.350 e. The SMILES string of the molecule is CC(C)c1ccc(C(N)CNC(=O)c2ccncc2Cl)cc1. The number of benzene rings is 1. The topological polar surface area (TPSA) is 68.0 Å². The van der Waals surface area contributed by atoms with Crippen LogP contribution in [0.1, 0.15) is 47.3 Å². The first-order valence-corrected chi connectivity index (χ1v) is 7.60. The van der Waals surface area contributed by atoms with Gasteiger partial charge in [0.25, 0.3) is 5.91 Å². The van der Waals surface area contributed by atoms with E-state index in [9.17, 15) is 4.79 Å². The average Bonchev–Trinajstić information content (AvgIpc) is 2.52. The van der Waals surface area contributed by atoms with E-state index in [2.05, 4.69) is 36.3 Å². The summed E-state index contributed by atoms with van der Waals surface area (Å²) >= 11 is 5.94. The van der Waals surface area contributed by atoms with Crippen molar-refractivity contribution in [2.75, 3.05) is 6.54 Å². The molecule has 4 nitrogen and oxygen atoms in total. The molecule has 1 aromatic carbocycles. The second-order valence-corrected chi connectivity index (χ2v) is 5.90. The zero-order chi connectivity index (χ0) is 16.1. The van der Waals surface area contributed by atoms with Gasteiger partial charge >= 0.3 is 0 Å². The first-order valence-electron chi connectivity index (χ1n) is 7.22. The first kappa shape index (κ1) is 16.5. The number of hydrogen-bond acceptors (Lipinski definition) is 3. The number of aromatic nitrogens is 1. The lowest BCUT2D eigenvalue weighted by atomic mass is 9.99. The molecule has 5 heteroatoms. The lowest BCUT2D eigenvalue weighted by molar-refractivity contribution is 0.0951. The molecule has 0 radical (unpaired) electrons. The van der Waals surface area contributed by atoms with Gasteiger partial charge in [0.2, 0.25) is 0 Å². The molecule has 0 saturated carbocycles. The van der Waals surface area contributed by atoms with Gasteiger partial charge in [0.1, 0.15) is 0 Å². The minimum absolute atomic E-state index is 0.248. The van der Waals surface area contributed by atoms with Crippen LogP contribution in [0.5, 0.6) is 0 Å². The van der Waals surface area contributed by atoms with Crippen LogP contribution in [0.25, 0.3) is 0 Å². The summed E-state index contributed by atoms with van der Waals surface area (Å²) in [4.78, 5) is 15.9. The van der Waals surface area contributed by atoms with Crippen molar-refractivity contribution in [3.05, 3.63) is 64.4 Å². The largest absolute Gasteiger partial charge is 0.350 e. The van der Waals surface area contributed by atoms with Gasteiger partial charge in [-0.3, -0.25) is 9.78 Å². The van der Waals surface area contributed by atoms with Crippen molar-refractivity contribution in [1.82, 2.24) is 10.3 Å². The molecule has 2 rings (SSSR count). The Hall–Kier alpha value is -1.91. The van der Waals surface area contributed by atoms with Gasteiger partial charge in [0.15, 0.2) is 0 Å². The Balaban J connectivity index is 1.96. The highest BCUT2D eigenvalue weighted by Crippen LogP contribution is 2.18. The van der Waals surface area contributed by atoms with Crippen molar-refractivity contribution < 1.29 is 4.79 Å². The fraction of sp³-hybridized carbons (Fsp3) is 0.294. The molecular weight excluding hydrogens is 298 g/mol. The van der Waals surface area contributed by atoms with Crippen LogP contribution in [0.15, 0.2) is 42.7 Å². The van der Waals surface area contributed by atoms with Crippen molar-refractivity contribution in [3.8, 4) is 0 Å². The van der Waals surface area contributed by atoms with Crippen LogP contribution in [0.4, 0.5) is 0 Å². The monoisotopic (exact) mass is 317 g/mol. The molecule has 0 aliphatic carbocycles. The molecular formula is C17H20ClN3O. The lowest BCUT2D eigenvalue weighted by Crippen LogP contribution is -2.32. The Labute approximate surface area is 135 Å². The fourth-order valence-electron chi connectivity index (χ4n) is 2.10. The Morgan fingerprint density at radius 1 is 1.23 bits per heavy atom. The summed E-state index contributed by atoms with van der Waals surface area (Å²) in [5.41, 5.74) is 8.79. The molecule has 0 aliphatic heterocycles. The number of carbonyl (C=O) groups excluding carboxylic acids is 1. The standard InChI is InChI=1S/C17H20ClN3O/c1-11(2)12-3-5-13(6-4-12)16(19)10-21-17(22)14-7-8-20-9-15(14)18/h3-9,11,16H,10,19H2,1-2H3,(H,21,22). The third-order valence-electron chi connectivity index (χ3n) is 3.53. The van der Waals surface area contributed by atoms with Crippen molar-refractivity contribution in [1.29, 1.82) is 0 Å². The number of rotatable bonds is 5. The second-order valence-electron chi connectivity index (χ2n) is 5.49. The number of amides is 1. The Kier molecular flexibility index (Phi) is 5.52. The molecule has 1 aromatic heterocycles.